The van der Waals surface area contributed by atoms with Crippen LogP contribution in [0.3, 0.4) is 0 Å². The zero-order valence-electron chi connectivity index (χ0n) is 17.4. The number of carbonyl (C=O) groups excluding carboxylic acids is 2. The van der Waals surface area contributed by atoms with Crippen LogP contribution in [0, 0.1) is 0 Å². The van der Waals surface area contributed by atoms with Crippen LogP contribution in [-0.4, -0.2) is 27.5 Å². The molecular formula is C26H19N3O4. The van der Waals surface area contributed by atoms with E-state index < -0.39 is 17.8 Å². The molecule has 1 aromatic heterocycles. The molecule has 0 radical (unpaired) electrons. The van der Waals surface area contributed by atoms with Crippen molar-refractivity contribution in [3.8, 4) is 0 Å². The van der Waals surface area contributed by atoms with Crippen molar-refractivity contribution in [2.75, 3.05) is 5.01 Å². The van der Waals surface area contributed by atoms with E-state index in [1.54, 1.807) is 54.6 Å². The number of para-hydroxylation sites is 2. The van der Waals surface area contributed by atoms with Crippen LogP contribution < -0.4 is 10.4 Å². The number of nitrogens with one attached hydrogen (secondary N) is 1. The Morgan fingerprint density at radius 2 is 1.61 bits per heavy atom. The predicted molar refractivity (Wildman–Crippen MR) is 124 cm³/mol. The molecule has 0 saturated carbocycles. The zero-order valence-corrected chi connectivity index (χ0v) is 17.4. The summed E-state index contributed by atoms with van der Waals surface area (Å²) in [5.74, 6) is -1.83. The van der Waals surface area contributed by atoms with Gasteiger partial charge in [0.05, 0.1) is 11.3 Å². The van der Waals surface area contributed by atoms with E-state index in [1.165, 1.54) is 5.01 Å². The predicted octanol–water partition coefficient (Wildman–Crippen LogP) is 3.85. The van der Waals surface area contributed by atoms with Gasteiger partial charge in [-0.15, -0.1) is 0 Å². The first-order chi connectivity index (χ1) is 16.0. The Morgan fingerprint density at radius 3 is 2.33 bits per heavy atom. The topological polar surface area (TPSA) is 91.6 Å². The molecule has 0 bridgehead atoms. The van der Waals surface area contributed by atoms with Gasteiger partial charge in [0.1, 0.15) is 5.57 Å². The highest BCUT2D eigenvalue weighted by molar-refractivity contribution is 6.32. The summed E-state index contributed by atoms with van der Waals surface area (Å²) in [5.41, 5.74) is 6.13. The third-order valence-electron chi connectivity index (χ3n) is 5.58. The molecule has 162 valence electrons. The van der Waals surface area contributed by atoms with Crippen molar-refractivity contribution >= 4 is 40.4 Å². The van der Waals surface area contributed by atoms with Crippen LogP contribution in [0.15, 0.2) is 90.6 Å². The van der Waals surface area contributed by atoms with Crippen molar-refractivity contribution < 1.29 is 19.5 Å². The molecule has 1 aliphatic rings. The van der Waals surface area contributed by atoms with Gasteiger partial charge in [-0.3, -0.25) is 15.0 Å². The summed E-state index contributed by atoms with van der Waals surface area (Å²) >= 11 is 0. The number of aromatic carboxylic acids is 1. The lowest BCUT2D eigenvalue weighted by molar-refractivity contribution is -0.117. The number of amides is 2. The van der Waals surface area contributed by atoms with Crippen LogP contribution in [-0.2, 0) is 16.1 Å². The summed E-state index contributed by atoms with van der Waals surface area (Å²) in [5, 5.41) is 11.3. The minimum atomic E-state index is -0.967. The molecule has 0 unspecified atom stereocenters. The SMILES string of the molecule is O=C1NN(c2ccccc2)C(=O)/C1=C\c1cn(Cc2ccc(C(=O)O)cc2)c2ccccc12. The van der Waals surface area contributed by atoms with Crippen molar-refractivity contribution in [1.82, 2.24) is 9.99 Å². The Balaban J connectivity index is 1.50. The Labute approximate surface area is 189 Å². The van der Waals surface area contributed by atoms with E-state index in [-0.39, 0.29) is 11.1 Å². The van der Waals surface area contributed by atoms with Crippen LogP contribution >= 0.6 is 0 Å². The minimum absolute atomic E-state index is 0.0626. The van der Waals surface area contributed by atoms with Gasteiger partial charge in [-0.05, 0) is 42.0 Å². The number of carboxylic acid groups (broad SMARTS) is 1. The lowest BCUT2D eigenvalue weighted by Crippen LogP contribution is -2.35. The van der Waals surface area contributed by atoms with Crippen molar-refractivity contribution in [1.29, 1.82) is 0 Å². The first-order valence-electron chi connectivity index (χ1n) is 10.3. The molecule has 1 fully saturated rings. The highest BCUT2D eigenvalue weighted by Crippen LogP contribution is 2.27. The van der Waals surface area contributed by atoms with E-state index in [2.05, 4.69) is 5.43 Å². The van der Waals surface area contributed by atoms with E-state index in [1.807, 2.05) is 41.1 Å². The molecule has 2 N–H and O–H groups in total. The van der Waals surface area contributed by atoms with Crippen LogP contribution in [0.4, 0.5) is 5.69 Å². The Hall–Kier alpha value is -4.65. The molecule has 33 heavy (non-hydrogen) atoms. The number of carbonyl (C=O) groups is 3. The maximum atomic E-state index is 13.0. The second kappa shape index (κ2) is 8.12. The van der Waals surface area contributed by atoms with E-state index in [4.69, 9.17) is 5.11 Å². The fourth-order valence-corrected chi connectivity index (χ4v) is 3.94. The number of rotatable bonds is 5. The lowest BCUT2D eigenvalue weighted by atomic mass is 10.1. The van der Waals surface area contributed by atoms with Gasteiger partial charge >= 0.3 is 5.97 Å². The monoisotopic (exact) mass is 437 g/mol. The molecule has 1 aliphatic heterocycles. The molecule has 3 aromatic carbocycles. The van der Waals surface area contributed by atoms with Crippen molar-refractivity contribution in [2.45, 2.75) is 6.54 Å². The molecule has 0 spiro atoms. The van der Waals surface area contributed by atoms with Crippen LogP contribution in [0.25, 0.3) is 17.0 Å². The van der Waals surface area contributed by atoms with Gasteiger partial charge in [0.15, 0.2) is 0 Å². The second-order valence-electron chi connectivity index (χ2n) is 7.71. The molecule has 5 rings (SSSR count). The average molecular weight is 437 g/mol. The van der Waals surface area contributed by atoms with Crippen molar-refractivity contribution in [3.63, 3.8) is 0 Å². The molecule has 2 amide bonds. The number of hydrogen-bond donors (Lipinski definition) is 2. The van der Waals surface area contributed by atoms with E-state index in [0.717, 1.165) is 22.0 Å². The summed E-state index contributed by atoms with van der Waals surface area (Å²) in [7, 11) is 0. The van der Waals surface area contributed by atoms with Gasteiger partial charge in [-0.25, -0.2) is 9.80 Å². The van der Waals surface area contributed by atoms with Gasteiger partial charge in [0, 0.05) is 29.2 Å². The summed E-state index contributed by atoms with van der Waals surface area (Å²) in [4.78, 5) is 36.7. The molecule has 4 aromatic rings. The standard InChI is InChI=1S/C26H19N3O4/c30-24-22(25(31)29(27-24)20-6-2-1-3-7-20)14-19-16-28(23-9-5-4-8-21(19)23)15-17-10-12-18(13-11-17)26(32)33/h1-14,16H,15H2,(H,27,30)(H,32,33)/b22-14-. The third kappa shape index (κ3) is 3.76. The molecule has 1 saturated heterocycles. The zero-order chi connectivity index (χ0) is 22.9. The van der Waals surface area contributed by atoms with Gasteiger partial charge in [0.2, 0.25) is 0 Å². The number of anilines is 1. The first-order valence-corrected chi connectivity index (χ1v) is 10.3. The molecule has 0 aliphatic carbocycles. The number of hydrogen-bond acceptors (Lipinski definition) is 3. The van der Waals surface area contributed by atoms with Crippen molar-refractivity contribution in [2.24, 2.45) is 0 Å². The lowest BCUT2D eigenvalue weighted by Gasteiger charge is -2.13. The fourth-order valence-electron chi connectivity index (χ4n) is 3.94. The first kappa shape index (κ1) is 20.3. The van der Waals surface area contributed by atoms with Crippen LogP contribution in [0.5, 0.6) is 0 Å². The van der Waals surface area contributed by atoms with Gasteiger partial charge in [0.25, 0.3) is 11.8 Å². The smallest absolute Gasteiger partial charge is 0.335 e. The average Bonchev–Trinajstić information content (AvgIpc) is 3.32. The van der Waals surface area contributed by atoms with E-state index in [9.17, 15) is 14.4 Å². The van der Waals surface area contributed by atoms with E-state index >= 15 is 0 Å². The maximum absolute atomic E-state index is 13.0. The van der Waals surface area contributed by atoms with Gasteiger partial charge in [-0.1, -0.05) is 48.5 Å². The number of nitrogens with zero attached hydrogens (tertiary/aromatic N) is 2. The van der Waals surface area contributed by atoms with Crippen LogP contribution in [0.1, 0.15) is 21.5 Å². The minimum Gasteiger partial charge on any atom is -0.478 e. The number of aromatic nitrogens is 1. The largest absolute Gasteiger partial charge is 0.478 e. The Bertz CT molecular complexity index is 1420. The summed E-state index contributed by atoms with van der Waals surface area (Å²) in [6, 6.07) is 23.4. The molecule has 7 heteroatoms. The normalized spacial score (nSPS) is 14.8. The number of carboxylic acids is 1. The Morgan fingerprint density at radius 1 is 0.909 bits per heavy atom. The van der Waals surface area contributed by atoms with Gasteiger partial charge in [-0.2, -0.15) is 0 Å². The quantitative estimate of drug-likeness (QED) is 0.367. The van der Waals surface area contributed by atoms with Gasteiger partial charge < -0.3 is 9.67 Å². The summed E-state index contributed by atoms with van der Waals surface area (Å²) in [6.07, 6.45) is 3.52. The summed E-state index contributed by atoms with van der Waals surface area (Å²) < 4.78 is 2.02. The fraction of sp³-hybridized carbons (Fsp3) is 0.0385. The van der Waals surface area contributed by atoms with E-state index in [0.29, 0.717) is 12.2 Å². The molecule has 0 atom stereocenters. The number of benzene rings is 3. The van der Waals surface area contributed by atoms with Crippen molar-refractivity contribution in [3.05, 3.63) is 107 Å². The number of fused-ring (bicyclic) bond motifs is 1. The third-order valence-corrected chi connectivity index (χ3v) is 5.58. The Kier molecular flexibility index (Phi) is 4.99. The number of hydrazine groups is 1. The molecule has 7 nitrogen and oxygen atoms in total. The molecular weight excluding hydrogens is 418 g/mol. The second-order valence-corrected chi connectivity index (χ2v) is 7.71. The summed E-state index contributed by atoms with van der Waals surface area (Å²) in [6.45, 7) is 0.514. The van der Waals surface area contributed by atoms with Crippen LogP contribution in [0.2, 0.25) is 0 Å². The highest BCUT2D eigenvalue weighted by atomic mass is 16.4. The highest BCUT2D eigenvalue weighted by Gasteiger charge is 2.34. The maximum Gasteiger partial charge on any atom is 0.335 e. The molecule has 2 heterocycles.